The largest absolute Gasteiger partial charge is 0.326 e. The van der Waals surface area contributed by atoms with Crippen LogP contribution in [0.4, 0.5) is 5.69 Å². The summed E-state index contributed by atoms with van der Waals surface area (Å²) in [7, 11) is 0. The highest BCUT2D eigenvalue weighted by Crippen LogP contribution is 2.20. The number of rotatable bonds is 6. The molecular formula is C21H26ClN5O. The number of benzene rings is 1. The number of amides is 1. The molecule has 0 fully saturated rings. The molecule has 1 unspecified atom stereocenters. The zero-order chi connectivity index (χ0) is 20.4. The number of aryl methyl sites for hydroxylation is 3. The number of aromatic nitrogens is 4. The standard InChI is InChI=1S/C21H26ClN5O/c1-13(11-27-17(5)20(22)16(4)25-27)21(28)23-19-8-6-7-18(10-19)12-26-15(3)9-14(2)24-26/h6-10,13H,11-12H2,1-5H3,(H,23,28). The molecule has 1 atom stereocenters. The molecule has 0 saturated carbocycles. The van der Waals surface area contributed by atoms with Crippen LogP contribution in [0.5, 0.6) is 0 Å². The van der Waals surface area contributed by atoms with Gasteiger partial charge in [-0.25, -0.2) is 0 Å². The van der Waals surface area contributed by atoms with Crippen molar-refractivity contribution in [1.29, 1.82) is 0 Å². The van der Waals surface area contributed by atoms with Crippen molar-refractivity contribution in [2.75, 3.05) is 5.32 Å². The van der Waals surface area contributed by atoms with Gasteiger partial charge in [0, 0.05) is 11.4 Å². The van der Waals surface area contributed by atoms with Crippen LogP contribution in [0.3, 0.4) is 0 Å². The van der Waals surface area contributed by atoms with Gasteiger partial charge in [-0.3, -0.25) is 14.2 Å². The first-order valence-electron chi connectivity index (χ1n) is 9.35. The number of carbonyl (C=O) groups excluding carboxylic acids is 1. The Kier molecular flexibility index (Phi) is 5.89. The van der Waals surface area contributed by atoms with E-state index in [4.69, 9.17) is 11.6 Å². The summed E-state index contributed by atoms with van der Waals surface area (Å²) in [5.74, 6) is -0.291. The first-order valence-corrected chi connectivity index (χ1v) is 9.72. The second-order valence-corrected chi connectivity index (χ2v) is 7.72. The number of anilines is 1. The average Bonchev–Trinajstić information content (AvgIpc) is 3.08. The summed E-state index contributed by atoms with van der Waals surface area (Å²) in [6, 6.07) is 9.92. The lowest BCUT2D eigenvalue weighted by molar-refractivity contribution is -0.119. The van der Waals surface area contributed by atoms with Crippen molar-refractivity contribution in [1.82, 2.24) is 19.6 Å². The Bertz CT molecular complexity index is 1000. The van der Waals surface area contributed by atoms with Crippen LogP contribution in [0.1, 0.15) is 35.3 Å². The highest BCUT2D eigenvalue weighted by molar-refractivity contribution is 6.31. The van der Waals surface area contributed by atoms with Gasteiger partial charge in [0.25, 0.3) is 0 Å². The van der Waals surface area contributed by atoms with E-state index < -0.39 is 0 Å². The lowest BCUT2D eigenvalue weighted by atomic mass is 10.1. The lowest BCUT2D eigenvalue weighted by Crippen LogP contribution is -2.25. The van der Waals surface area contributed by atoms with Crippen molar-refractivity contribution in [3.05, 3.63) is 63.7 Å². The Labute approximate surface area is 170 Å². The van der Waals surface area contributed by atoms with E-state index in [1.165, 1.54) is 0 Å². The van der Waals surface area contributed by atoms with Crippen molar-refractivity contribution in [3.8, 4) is 0 Å². The molecule has 1 amide bonds. The molecule has 0 radical (unpaired) electrons. The van der Waals surface area contributed by atoms with Crippen LogP contribution in [-0.4, -0.2) is 25.5 Å². The Hall–Kier alpha value is -2.60. The highest BCUT2D eigenvalue weighted by Gasteiger charge is 2.17. The highest BCUT2D eigenvalue weighted by atomic mass is 35.5. The normalized spacial score (nSPS) is 12.2. The summed E-state index contributed by atoms with van der Waals surface area (Å²) in [5.41, 5.74) is 5.64. The maximum Gasteiger partial charge on any atom is 0.229 e. The van der Waals surface area contributed by atoms with E-state index in [-0.39, 0.29) is 11.8 Å². The van der Waals surface area contributed by atoms with E-state index in [9.17, 15) is 4.79 Å². The van der Waals surface area contributed by atoms with E-state index in [0.717, 1.165) is 34.0 Å². The van der Waals surface area contributed by atoms with Gasteiger partial charge in [-0.15, -0.1) is 0 Å². The second kappa shape index (κ2) is 8.19. The number of nitrogens with one attached hydrogen (secondary N) is 1. The van der Waals surface area contributed by atoms with E-state index in [0.29, 0.717) is 18.1 Å². The number of hydrogen-bond donors (Lipinski definition) is 1. The molecule has 0 bridgehead atoms. The Balaban J connectivity index is 1.66. The van der Waals surface area contributed by atoms with Crippen molar-refractivity contribution in [3.63, 3.8) is 0 Å². The molecule has 2 heterocycles. The molecule has 6 nitrogen and oxygen atoms in total. The fraction of sp³-hybridized carbons (Fsp3) is 0.381. The molecular weight excluding hydrogens is 374 g/mol. The first-order chi connectivity index (χ1) is 13.2. The van der Waals surface area contributed by atoms with Crippen LogP contribution in [0, 0.1) is 33.6 Å². The molecule has 0 aliphatic carbocycles. The fourth-order valence-corrected chi connectivity index (χ4v) is 3.35. The first kappa shape index (κ1) is 20.1. The SMILES string of the molecule is Cc1cc(C)n(Cc2cccc(NC(=O)C(C)Cn3nc(C)c(Cl)c3C)c2)n1. The quantitative estimate of drug-likeness (QED) is 0.672. The van der Waals surface area contributed by atoms with Crippen LogP contribution in [-0.2, 0) is 17.9 Å². The molecule has 0 aliphatic rings. The maximum absolute atomic E-state index is 12.6. The van der Waals surface area contributed by atoms with Crippen LogP contribution in [0.25, 0.3) is 0 Å². The van der Waals surface area contributed by atoms with Gasteiger partial charge in [-0.2, -0.15) is 10.2 Å². The molecule has 7 heteroatoms. The van der Waals surface area contributed by atoms with Crippen molar-refractivity contribution < 1.29 is 4.79 Å². The second-order valence-electron chi connectivity index (χ2n) is 7.34. The molecule has 148 valence electrons. The van der Waals surface area contributed by atoms with E-state index >= 15 is 0 Å². The van der Waals surface area contributed by atoms with Gasteiger partial charge in [-0.05, 0) is 51.5 Å². The zero-order valence-electron chi connectivity index (χ0n) is 17.0. The number of nitrogens with zero attached hydrogens (tertiary/aromatic N) is 4. The molecule has 3 aromatic rings. The van der Waals surface area contributed by atoms with E-state index in [2.05, 4.69) is 21.6 Å². The fourth-order valence-electron chi connectivity index (χ4n) is 3.22. The van der Waals surface area contributed by atoms with Crippen molar-refractivity contribution in [2.24, 2.45) is 5.92 Å². The number of hydrogen-bond acceptors (Lipinski definition) is 3. The van der Waals surface area contributed by atoms with Gasteiger partial charge in [0.05, 0.1) is 41.1 Å². The minimum atomic E-state index is -0.242. The van der Waals surface area contributed by atoms with E-state index in [1.54, 1.807) is 4.68 Å². The van der Waals surface area contributed by atoms with Gasteiger partial charge in [0.1, 0.15) is 0 Å². The topological polar surface area (TPSA) is 64.7 Å². The molecule has 2 aromatic heterocycles. The van der Waals surface area contributed by atoms with Gasteiger partial charge in [0.2, 0.25) is 5.91 Å². The molecule has 1 aromatic carbocycles. The average molecular weight is 400 g/mol. The monoisotopic (exact) mass is 399 g/mol. The van der Waals surface area contributed by atoms with Gasteiger partial charge in [-0.1, -0.05) is 30.7 Å². The Morgan fingerprint density at radius 3 is 2.50 bits per heavy atom. The van der Waals surface area contributed by atoms with Gasteiger partial charge < -0.3 is 5.32 Å². The van der Waals surface area contributed by atoms with Gasteiger partial charge in [0.15, 0.2) is 0 Å². The molecule has 0 saturated heterocycles. The predicted octanol–water partition coefficient (Wildman–Crippen LogP) is 4.29. The summed E-state index contributed by atoms with van der Waals surface area (Å²) in [4.78, 5) is 12.6. The minimum Gasteiger partial charge on any atom is -0.326 e. The molecule has 0 spiro atoms. The number of carbonyl (C=O) groups is 1. The molecule has 0 aliphatic heterocycles. The minimum absolute atomic E-state index is 0.0491. The van der Waals surface area contributed by atoms with Crippen LogP contribution < -0.4 is 5.32 Å². The summed E-state index contributed by atoms with van der Waals surface area (Å²) >= 11 is 6.20. The zero-order valence-corrected chi connectivity index (χ0v) is 17.7. The van der Waals surface area contributed by atoms with E-state index in [1.807, 2.05) is 63.6 Å². The molecule has 1 N–H and O–H groups in total. The van der Waals surface area contributed by atoms with Gasteiger partial charge >= 0.3 is 0 Å². The lowest BCUT2D eigenvalue weighted by Gasteiger charge is -2.14. The Morgan fingerprint density at radius 1 is 1.14 bits per heavy atom. The smallest absolute Gasteiger partial charge is 0.229 e. The summed E-state index contributed by atoms with van der Waals surface area (Å²) < 4.78 is 3.76. The summed E-state index contributed by atoms with van der Waals surface area (Å²) in [5, 5.41) is 12.6. The van der Waals surface area contributed by atoms with Crippen molar-refractivity contribution in [2.45, 2.75) is 47.7 Å². The third-order valence-electron chi connectivity index (χ3n) is 4.82. The predicted molar refractivity (Wildman–Crippen MR) is 112 cm³/mol. The summed E-state index contributed by atoms with van der Waals surface area (Å²) in [6.07, 6.45) is 0. The summed E-state index contributed by atoms with van der Waals surface area (Å²) in [6.45, 7) is 10.8. The van der Waals surface area contributed by atoms with Crippen LogP contribution >= 0.6 is 11.6 Å². The number of halogens is 1. The maximum atomic E-state index is 12.6. The van der Waals surface area contributed by atoms with Crippen LogP contribution in [0.2, 0.25) is 5.02 Å². The van der Waals surface area contributed by atoms with Crippen molar-refractivity contribution >= 4 is 23.2 Å². The Morgan fingerprint density at radius 2 is 1.89 bits per heavy atom. The molecule has 3 rings (SSSR count). The third kappa shape index (κ3) is 4.44. The van der Waals surface area contributed by atoms with Crippen LogP contribution in [0.15, 0.2) is 30.3 Å². The third-order valence-corrected chi connectivity index (χ3v) is 5.36. The molecule has 28 heavy (non-hydrogen) atoms.